The Hall–Kier alpha value is -0.900. The van der Waals surface area contributed by atoms with Crippen LogP contribution in [0.25, 0.3) is 0 Å². The zero-order valence-corrected chi connectivity index (χ0v) is 12.0. The lowest BCUT2D eigenvalue weighted by molar-refractivity contribution is 0.134. The largest absolute Gasteiger partial charge is 0.303 e. The van der Waals surface area contributed by atoms with Crippen molar-refractivity contribution in [2.45, 2.75) is 51.4 Å². The van der Waals surface area contributed by atoms with E-state index in [4.69, 9.17) is 0 Å². The molecule has 0 radical (unpaired) electrons. The number of aromatic nitrogens is 3. The van der Waals surface area contributed by atoms with Crippen LogP contribution < -0.4 is 0 Å². The van der Waals surface area contributed by atoms with E-state index in [2.05, 4.69) is 27.0 Å². The smallest absolute Gasteiger partial charge is 0.137 e. The number of hydrogen-bond acceptors (Lipinski definition) is 3. The van der Waals surface area contributed by atoms with Gasteiger partial charge in [-0.15, -0.1) is 0 Å². The summed E-state index contributed by atoms with van der Waals surface area (Å²) < 4.78 is 0. The molecule has 1 aromatic rings. The standard InChI is InChI=1S/C15H26N4/c1-12-4-2-3-5-14(12)10-19-8-6-13(7-9-19)15-16-11-17-18-15/h11-14H,2-10H2,1H3,(H,16,17,18)/t12-,14+/m0/s1. The molecule has 0 aromatic carbocycles. The van der Waals surface area contributed by atoms with Gasteiger partial charge in [-0.05, 0) is 44.2 Å². The summed E-state index contributed by atoms with van der Waals surface area (Å²) in [4.78, 5) is 6.99. The molecule has 1 aromatic heterocycles. The van der Waals surface area contributed by atoms with Crippen molar-refractivity contribution >= 4 is 0 Å². The first-order chi connectivity index (χ1) is 9.33. The molecule has 4 nitrogen and oxygen atoms in total. The van der Waals surface area contributed by atoms with Crippen molar-refractivity contribution in [3.63, 3.8) is 0 Å². The second-order valence-electron chi connectivity index (χ2n) is 6.47. The molecular weight excluding hydrogens is 236 g/mol. The molecule has 1 saturated carbocycles. The van der Waals surface area contributed by atoms with E-state index in [0.717, 1.165) is 17.7 Å². The minimum atomic E-state index is 0.600. The number of nitrogens with one attached hydrogen (secondary N) is 1. The number of hydrogen-bond donors (Lipinski definition) is 1. The minimum Gasteiger partial charge on any atom is -0.303 e. The van der Waals surface area contributed by atoms with Gasteiger partial charge in [0.15, 0.2) is 0 Å². The highest BCUT2D eigenvalue weighted by atomic mass is 15.2. The van der Waals surface area contributed by atoms with Crippen LogP contribution in [0.5, 0.6) is 0 Å². The van der Waals surface area contributed by atoms with E-state index in [9.17, 15) is 0 Å². The Labute approximate surface area is 116 Å². The number of H-pyrrole nitrogens is 1. The summed E-state index contributed by atoms with van der Waals surface area (Å²) in [5.41, 5.74) is 0. The highest BCUT2D eigenvalue weighted by Gasteiger charge is 2.27. The molecule has 0 spiro atoms. The van der Waals surface area contributed by atoms with Gasteiger partial charge >= 0.3 is 0 Å². The molecule has 1 N–H and O–H groups in total. The Kier molecular flexibility index (Phi) is 4.16. The summed E-state index contributed by atoms with van der Waals surface area (Å²) in [5, 5.41) is 7.00. The molecule has 2 atom stereocenters. The summed E-state index contributed by atoms with van der Waals surface area (Å²) in [6.07, 6.45) is 9.88. The maximum Gasteiger partial charge on any atom is 0.137 e. The van der Waals surface area contributed by atoms with Crippen molar-refractivity contribution in [3.05, 3.63) is 12.2 Å². The quantitative estimate of drug-likeness (QED) is 0.911. The van der Waals surface area contributed by atoms with Crippen LogP contribution in [-0.2, 0) is 0 Å². The summed E-state index contributed by atoms with van der Waals surface area (Å²) >= 11 is 0. The average molecular weight is 262 g/mol. The predicted octanol–water partition coefficient (Wildman–Crippen LogP) is 2.81. The van der Waals surface area contributed by atoms with Gasteiger partial charge in [0.2, 0.25) is 0 Å². The Bertz CT molecular complexity index is 368. The van der Waals surface area contributed by atoms with Gasteiger partial charge in [-0.3, -0.25) is 5.10 Å². The van der Waals surface area contributed by atoms with Crippen LogP contribution in [0.15, 0.2) is 6.33 Å². The molecule has 1 aliphatic heterocycles. The highest BCUT2D eigenvalue weighted by Crippen LogP contribution is 2.32. The first kappa shape index (κ1) is 13.1. The Morgan fingerprint density at radius 2 is 2.00 bits per heavy atom. The van der Waals surface area contributed by atoms with Crippen molar-refractivity contribution in [2.24, 2.45) is 11.8 Å². The zero-order chi connectivity index (χ0) is 13.1. The first-order valence-corrected chi connectivity index (χ1v) is 7.90. The van der Waals surface area contributed by atoms with Gasteiger partial charge in [-0.2, -0.15) is 5.10 Å². The van der Waals surface area contributed by atoms with Crippen LogP contribution in [0.1, 0.15) is 57.2 Å². The van der Waals surface area contributed by atoms with Crippen molar-refractivity contribution in [3.8, 4) is 0 Å². The molecule has 2 heterocycles. The van der Waals surface area contributed by atoms with E-state index in [-0.39, 0.29) is 0 Å². The highest BCUT2D eigenvalue weighted by molar-refractivity contribution is 4.96. The summed E-state index contributed by atoms with van der Waals surface area (Å²) in [6, 6.07) is 0. The van der Waals surface area contributed by atoms with Crippen LogP contribution >= 0.6 is 0 Å². The van der Waals surface area contributed by atoms with Crippen molar-refractivity contribution < 1.29 is 0 Å². The van der Waals surface area contributed by atoms with Crippen LogP contribution in [0.2, 0.25) is 0 Å². The van der Waals surface area contributed by atoms with Crippen molar-refractivity contribution in [1.29, 1.82) is 0 Å². The fourth-order valence-electron chi connectivity index (χ4n) is 3.80. The van der Waals surface area contributed by atoms with Gasteiger partial charge in [0.25, 0.3) is 0 Å². The molecule has 4 heteroatoms. The Morgan fingerprint density at radius 1 is 1.21 bits per heavy atom. The van der Waals surface area contributed by atoms with E-state index in [1.54, 1.807) is 6.33 Å². The number of piperidine rings is 1. The molecule has 0 unspecified atom stereocenters. The molecule has 0 amide bonds. The Morgan fingerprint density at radius 3 is 2.68 bits per heavy atom. The monoisotopic (exact) mass is 262 g/mol. The first-order valence-electron chi connectivity index (χ1n) is 7.90. The van der Waals surface area contributed by atoms with Crippen molar-refractivity contribution in [1.82, 2.24) is 20.1 Å². The average Bonchev–Trinajstić information content (AvgIpc) is 2.96. The predicted molar refractivity (Wildman–Crippen MR) is 75.9 cm³/mol. The Balaban J connectivity index is 1.47. The molecule has 19 heavy (non-hydrogen) atoms. The fourth-order valence-corrected chi connectivity index (χ4v) is 3.80. The van der Waals surface area contributed by atoms with Gasteiger partial charge in [-0.1, -0.05) is 26.2 Å². The summed E-state index contributed by atoms with van der Waals surface area (Å²) in [6.45, 7) is 6.23. The second kappa shape index (κ2) is 6.04. The van der Waals surface area contributed by atoms with Crippen LogP contribution in [0.4, 0.5) is 0 Å². The lowest BCUT2D eigenvalue weighted by Gasteiger charge is -2.37. The lowest BCUT2D eigenvalue weighted by atomic mass is 9.80. The molecule has 3 rings (SSSR count). The zero-order valence-electron chi connectivity index (χ0n) is 12.0. The second-order valence-corrected chi connectivity index (χ2v) is 6.47. The molecular formula is C15H26N4. The fraction of sp³-hybridized carbons (Fsp3) is 0.867. The van der Waals surface area contributed by atoms with Gasteiger partial charge in [0.1, 0.15) is 12.2 Å². The maximum absolute atomic E-state index is 4.31. The molecule has 106 valence electrons. The van der Waals surface area contributed by atoms with Gasteiger partial charge in [0.05, 0.1) is 0 Å². The third kappa shape index (κ3) is 3.16. The third-order valence-corrected chi connectivity index (χ3v) is 5.19. The van der Waals surface area contributed by atoms with E-state index >= 15 is 0 Å². The van der Waals surface area contributed by atoms with Gasteiger partial charge < -0.3 is 4.90 Å². The van der Waals surface area contributed by atoms with Crippen LogP contribution in [-0.4, -0.2) is 39.7 Å². The van der Waals surface area contributed by atoms with E-state index in [1.165, 1.54) is 58.2 Å². The summed E-state index contributed by atoms with van der Waals surface area (Å²) in [5.74, 6) is 3.56. The third-order valence-electron chi connectivity index (χ3n) is 5.19. The maximum atomic E-state index is 4.31. The molecule has 0 bridgehead atoms. The van der Waals surface area contributed by atoms with Crippen molar-refractivity contribution in [2.75, 3.05) is 19.6 Å². The number of aromatic amines is 1. The normalized spacial score (nSPS) is 30.6. The molecule has 1 saturated heterocycles. The number of rotatable bonds is 3. The number of likely N-dealkylation sites (tertiary alicyclic amines) is 1. The van der Waals surface area contributed by atoms with Gasteiger partial charge in [0, 0.05) is 12.5 Å². The molecule has 2 aliphatic rings. The molecule has 1 aliphatic carbocycles. The minimum absolute atomic E-state index is 0.600. The summed E-state index contributed by atoms with van der Waals surface area (Å²) in [7, 11) is 0. The SMILES string of the molecule is C[C@H]1CCCC[C@@H]1CN1CCC(c2ncn[nH]2)CC1. The number of nitrogens with zero attached hydrogens (tertiary/aromatic N) is 3. The van der Waals surface area contributed by atoms with Crippen LogP contribution in [0, 0.1) is 11.8 Å². The van der Waals surface area contributed by atoms with Gasteiger partial charge in [-0.25, -0.2) is 4.98 Å². The molecule has 2 fully saturated rings. The lowest BCUT2D eigenvalue weighted by Crippen LogP contribution is -2.39. The van der Waals surface area contributed by atoms with E-state index in [0.29, 0.717) is 5.92 Å². The van der Waals surface area contributed by atoms with E-state index in [1.807, 2.05) is 0 Å². The topological polar surface area (TPSA) is 44.8 Å². The van der Waals surface area contributed by atoms with Crippen LogP contribution in [0.3, 0.4) is 0 Å². The van der Waals surface area contributed by atoms with E-state index < -0.39 is 0 Å².